The molecule has 12 heteroatoms. The van der Waals surface area contributed by atoms with Crippen LogP contribution >= 0.6 is 27.7 Å². The van der Waals surface area contributed by atoms with Gasteiger partial charge in [0, 0.05) is 42.6 Å². The predicted octanol–water partition coefficient (Wildman–Crippen LogP) is 4.45. The van der Waals surface area contributed by atoms with Gasteiger partial charge in [-0.15, -0.1) is 0 Å². The molecule has 3 aromatic rings. The molecule has 0 spiro atoms. The van der Waals surface area contributed by atoms with E-state index in [4.69, 9.17) is 5.11 Å². The summed E-state index contributed by atoms with van der Waals surface area (Å²) < 4.78 is 42.5. The second-order valence-electron chi connectivity index (χ2n) is 8.78. The minimum Gasteiger partial charge on any atom is -0.395 e. The van der Waals surface area contributed by atoms with Crippen LogP contribution in [0, 0.1) is 0 Å². The molecule has 194 valence electrons. The fourth-order valence-corrected chi connectivity index (χ4v) is 5.75. The van der Waals surface area contributed by atoms with Crippen LogP contribution < -0.4 is 0 Å². The van der Waals surface area contributed by atoms with Crippen LogP contribution in [0.4, 0.5) is 13.2 Å². The van der Waals surface area contributed by atoms with Crippen molar-refractivity contribution in [3.8, 4) is 0 Å². The number of halogens is 4. The summed E-state index contributed by atoms with van der Waals surface area (Å²) in [6, 6.07) is 9.59. The van der Waals surface area contributed by atoms with E-state index in [-0.39, 0.29) is 24.6 Å². The number of aliphatic hydroxyl groups is 1. The summed E-state index contributed by atoms with van der Waals surface area (Å²) in [4.78, 5) is 21.5. The summed E-state index contributed by atoms with van der Waals surface area (Å²) >= 11 is 4.45. The van der Waals surface area contributed by atoms with E-state index < -0.39 is 11.7 Å². The van der Waals surface area contributed by atoms with Crippen molar-refractivity contribution in [3.05, 3.63) is 68.7 Å². The molecule has 1 amide bonds. The van der Waals surface area contributed by atoms with Crippen LogP contribution in [0.15, 0.2) is 57.0 Å². The van der Waals surface area contributed by atoms with Crippen LogP contribution in [-0.2, 0) is 17.5 Å². The number of aromatic nitrogens is 2. The third-order valence-electron chi connectivity index (χ3n) is 6.33. The molecule has 3 heterocycles. The number of rotatable bonds is 5. The van der Waals surface area contributed by atoms with Gasteiger partial charge in [0.05, 0.1) is 35.3 Å². The summed E-state index contributed by atoms with van der Waals surface area (Å²) in [5.41, 5.74) is 0.906. The second-order valence-corrected chi connectivity index (χ2v) is 10.7. The van der Waals surface area contributed by atoms with Gasteiger partial charge in [-0.05, 0) is 53.2 Å². The highest BCUT2D eigenvalue weighted by Gasteiger charge is 2.33. The Hall–Kier alpha value is -2.67. The monoisotopic (exact) mass is 593 g/mol. The van der Waals surface area contributed by atoms with E-state index in [1.807, 2.05) is 12.1 Å². The van der Waals surface area contributed by atoms with Gasteiger partial charge < -0.3 is 10.0 Å². The number of aliphatic hydroxyl groups excluding tert-OH is 1. The second kappa shape index (κ2) is 10.6. The van der Waals surface area contributed by atoms with Gasteiger partial charge in [-0.1, -0.05) is 28.1 Å². The number of aliphatic imine (C=N–C) groups is 1. The smallest absolute Gasteiger partial charge is 0.395 e. The van der Waals surface area contributed by atoms with Crippen LogP contribution in [0.5, 0.6) is 0 Å². The number of alkyl halides is 3. The van der Waals surface area contributed by atoms with E-state index in [1.54, 1.807) is 24.4 Å². The molecule has 2 aliphatic rings. The summed E-state index contributed by atoms with van der Waals surface area (Å²) in [7, 11) is 0. The van der Waals surface area contributed by atoms with Gasteiger partial charge in [0.2, 0.25) is 0 Å². The summed E-state index contributed by atoms with van der Waals surface area (Å²) in [5, 5.41) is 14.9. The van der Waals surface area contributed by atoms with Crippen molar-refractivity contribution in [2.75, 3.05) is 39.3 Å². The number of carbonyl (C=O) groups excluding carboxylic acids is 1. The Morgan fingerprint density at radius 2 is 1.89 bits per heavy atom. The minimum absolute atomic E-state index is 0.0246. The summed E-state index contributed by atoms with van der Waals surface area (Å²) in [5.74, 6) is -0.288. The average Bonchev–Trinajstić information content (AvgIpc) is 3.43. The molecule has 0 unspecified atom stereocenters. The molecule has 1 aromatic heterocycles. The number of nitrogens with zero attached hydrogens (tertiary/aromatic N) is 5. The van der Waals surface area contributed by atoms with Gasteiger partial charge >= 0.3 is 6.18 Å². The highest BCUT2D eigenvalue weighted by molar-refractivity contribution is 9.10. The maximum Gasteiger partial charge on any atom is 0.416 e. The Kier molecular flexibility index (Phi) is 7.44. The summed E-state index contributed by atoms with van der Waals surface area (Å²) in [6.45, 7) is 3.84. The van der Waals surface area contributed by atoms with Crippen molar-refractivity contribution >= 4 is 55.7 Å². The topological polar surface area (TPSA) is 74.0 Å². The predicted molar refractivity (Wildman–Crippen MR) is 141 cm³/mol. The quantitative estimate of drug-likeness (QED) is 0.441. The lowest BCUT2D eigenvalue weighted by atomic mass is 10.1. The van der Waals surface area contributed by atoms with Crippen LogP contribution in [0.2, 0.25) is 0 Å². The van der Waals surface area contributed by atoms with Crippen LogP contribution in [0.25, 0.3) is 17.0 Å². The standard InChI is InChI=1S/C25H23BrF3N5O2S/c26-19-3-2-17(20(13-19)25(27,28)29)15-34-21-4-1-16(11-18(21)14-30-34)12-22-23(36)31-24(37-22)33-7-5-32(6-8-33)9-10-35/h1-4,11-14,35H,5-10,15H2/b22-12-. The average molecular weight is 594 g/mol. The molecule has 1 N–H and O–H groups in total. The first-order chi connectivity index (χ1) is 17.7. The molecular formula is C25H23BrF3N5O2S. The number of hydrogen-bond acceptors (Lipinski definition) is 6. The van der Waals surface area contributed by atoms with Crippen LogP contribution in [0.1, 0.15) is 16.7 Å². The Bertz CT molecular complexity index is 1400. The lowest BCUT2D eigenvalue weighted by Crippen LogP contribution is -2.48. The van der Waals surface area contributed by atoms with Gasteiger partial charge in [-0.3, -0.25) is 14.4 Å². The fourth-order valence-electron chi connectivity index (χ4n) is 4.42. The highest BCUT2D eigenvalue weighted by atomic mass is 79.9. The SMILES string of the molecule is O=C1N=C(N2CCN(CCO)CC2)S/C1=C\c1ccc2c(cnn2Cc2ccc(Br)cc2C(F)(F)F)c1. The highest BCUT2D eigenvalue weighted by Crippen LogP contribution is 2.35. The van der Waals surface area contributed by atoms with Crippen LogP contribution in [-0.4, -0.2) is 75.1 Å². The maximum absolute atomic E-state index is 13.5. The van der Waals surface area contributed by atoms with Crippen molar-refractivity contribution in [2.45, 2.75) is 12.7 Å². The molecule has 37 heavy (non-hydrogen) atoms. The zero-order valence-corrected chi connectivity index (χ0v) is 22.0. The Morgan fingerprint density at radius 3 is 2.62 bits per heavy atom. The maximum atomic E-state index is 13.5. The minimum atomic E-state index is -4.47. The lowest BCUT2D eigenvalue weighted by molar-refractivity contribution is -0.138. The largest absolute Gasteiger partial charge is 0.416 e. The van der Waals surface area contributed by atoms with Gasteiger partial charge in [0.25, 0.3) is 5.91 Å². The van der Waals surface area contributed by atoms with E-state index in [9.17, 15) is 18.0 Å². The number of amides is 1. The number of piperazine rings is 1. The lowest BCUT2D eigenvalue weighted by Gasteiger charge is -2.34. The van der Waals surface area contributed by atoms with E-state index in [1.165, 1.54) is 22.5 Å². The van der Waals surface area contributed by atoms with Gasteiger partial charge in [0.15, 0.2) is 5.17 Å². The third kappa shape index (κ3) is 5.77. The van der Waals surface area contributed by atoms with Gasteiger partial charge in [-0.2, -0.15) is 23.3 Å². The number of benzene rings is 2. The zero-order chi connectivity index (χ0) is 26.2. The summed E-state index contributed by atoms with van der Waals surface area (Å²) in [6.07, 6.45) is -1.08. The third-order valence-corrected chi connectivity index (χ3v) is 7.87. The number of hydrogen-bond donors (Lipinski definition) is 1. The molecule has 2 aliphatic heterocycles. The Morgan fingerprint density at radius 1 is 1.11 bits per heavy atom. The Labute approximate surface area is 223 Å². The van der Waals surface area contributed by atoms with Crippen molar-refractivity contribution in [1.29, 1.82) is 0 Å². The molecule has 7 nitrogen and oxygen atoms in total. The van der Waals surface area contributed by atoms with Gasteiger partial charge in [-0.25, -0.2) is 0 Å². The first kappa shape index (κ1) is 26.0. The van der Waals surface area contributed by atoms with Crippen molar-refractivity contribution in [2.24, 2.45) is 4.99 Å². The Balaban J connectivity index is 1.31. The van der Waals surface area contributed by atoms with E-state index in [0.29, 0.717) is 26.6 Å². The molecule has 0 aliphatic carbocycles. The molecule has 1 fully saturated rings. The number of carbonyl (C=O) groups is 1. The molecule has 0 saturated carbocycles. The van der Waals surface area contributed by atoms with Crippen molar-refractivity contribution in [3.63, 3.8) is 0 Å². The number of β-amino-alcohol motifs (C(OH)–C–C–N with tert-alkyl or cyclic N) is 1. The number of amidine groups is 1. The fraction of sp³-hybridized carbons (Fsp3) is 0.320. The number of fused-ring (bicyclic) bond motifs is 1. The number of thioether (sulfide) groups is 1. The first-order valence-corrected chi connectivity index (χ1v) is 13.2. The molecule has 5 rings (SSSR count). The zero-order valence-electron chi connectivity index (χ0n) is 19.6. The molecule has 1 saturated heterocycles. The van der Waals surface area contributed by atoms with E-state index in [0.717, 1.165) is 43.2 Å². The van der Waals surface area contributed by atoms with Gasteiger partial charge in [0.1, 0.15) is 0 Å². The van der Waals surface area contributed by atoms with Crippen molar-refractivity contribution in [1.82, 2.24) is 19.6 Å². The van der Waals surface area contributed by atoms with Crippen LogP contribution in [0.3, 0.4) is 0 Å². The molecular weight excluding hydrogens is 571 g/mol. The van der Waals surface area contributed by atoms with E-state index >= 15 is 0 Å². The first-order valence-electron chi connectivity index (χ1n) is 11.6. The molecule has 0 atom stereocenters. The molecule has 0 bridgehead atoms. The molecule has 2 aromatic carbocycles. The molecule has 0 radical (unpaired) electrons. The van der Waals surface area contributed by atoms with Crippen molar-refractivity contribution < 1.29 is 23.1 Å². The van der Waals surface area contributed by atoms with E-state index in [2.05, 4.69) is 35.8 Å². The normalized spacial score (nSPS) is 18.3.